The van der Waals surface area contributed by atoms with Gasteiger partial charge in [0.05, 0.1) is 6.54 Å². The van der Waals surface area contributed by atoms with Crippen LogP contribution in [0.1, 0.15) is 24.8 Å². The van der Waals surface area contributed by atoms with Crippen LogP contribution in [-0.2, 0) is 6.54 Å². The van der Waals surface area contributed by atoms with Crippen LogP contribution in [-0.4, -0.2) is 41.9 Å². The average molecular weight is 243 g/mol. The summed E-state index contributed by atoms with van der Waals surface area (Å²) in [4.78, 5) is 9.65. The summed E-state index contributed by atoms with van der Waals surface area (Å²) in [5.41, 5.74) is 1.29. The molecule has 0 amide bonds. The zero-order valence-corrected chi connectivity index (χ0v) is 11.0. The summed E-state index contributed by atoms with van der Waals surface area (Å²) in [5.74, 6) is 1.20. The van der Waals surface area contributed by atoms with Gasteiger partial charge in [-0.15, -0.1) is 0 Å². The Morgan fingerprint density at radius 1 is 1.22 bits per heavy atom. The van der Waals surface area contributed by atoms with Crippen LogP contribution in [0.4, 0.5) is 0 Å². The Morgan fingerprint density at radius 2 is 2.06 bits per heavy atom. The standard InChI is InChI=1S/C15H21N3/c1-17-12-14-9-5-6-10-18(14)15(17)16-11-13-7-3-2-4-8-13/h2-4,7-8,14H,5-6,9-12H2,1H3/t14-/m1/s1. The van der Waals surface area contributed by atoms with Crippen molar-refractivity contribution in [3.05, 3.63) is 35.9 Å². The zero-order chi connectivity index (χ0) is 12.4. The fraction of sp³-hybridized carbons (Fsp3) is 0.533. The molecule has 0 bridgehead atoms. The van der Waals surface area contributed by atoms with Crippen LogP contribution in [0.25, 0.3) is 0 Å². The molecule has 0 radical (unpaired) electrons. The Hall–Kier alpha value is -1.51. The Morgan fingerprint density at radius 3 is 2.89 bits per heavy atom. The van der Waals surface area contributed by atoms with Crippen molar-refractivity contribution >= 4 is 5.96 Å². The van der Waals surface area contributed by atoms with E-state index in [1.807, 2.05) is 0 Å². The van der Waals surface area contributed by atoms with E-state index in [0.29, 0.717) is 6.04 Å². The van der Waals surface area contributed by atoms with Gasteiger partial charge in [-0.3, -0.25) is 0 Å². The molecule has 0 aromatic heterocycles. The normalized spacial score (nSPS) is 25.6. The van der Waals surface area contributed by atoms with Crippen LogP contribution in [0.2, 0.25) is 0 Å². The Kier molecular flexibility index (Phi) is 3.22. The molecule has 2 saturated heterocycles. The van der Waals surface area contributed by atoms with Gasteiger partial charge in [0.15, 0.2) is 5.96 Å². The highest BCUT2D eigenvalue weighted by molar-refractivity contribution is 5.82. The van der Waals surface area contributed by atoms with E-state index in [1.165, 1.54) is 37.3 Å². The first-order valence-electron chi connectivity index (χ1n) is 6.91. The summed E-state index contributed by atoms with van der Waals surface area (Å²) in [6.07, 6.45) is 4.02. The molecule has 96 valence electrons. The third-order valence-electron chi connectivity index (χ3n) is 3.96. The molecule has 2 aliphatic rings. The SMILES string of the molecule is CN1C[C@H]2CCCCN2C1=NCc1ccccc1. The lowest BCUT2D eigenvalue weighted by Crippen LogP contribution is -2.39. The van der Waals surface area contributed by atoms with Crippen molar-refractivity contribution in [2.75, 3.05) is 20.1 Å². The molecule has 3 rings (SSSR count). The fourth-order valence-corrected chi connectivity index (χ4v) is 3.03. The van der Waals surface area contributed by atoms with Gasteiger partial charge in [0, 0.05) is 26.2 Å². The molecule has 0 unspecified atom stereocenters. The molecule has 3 nitrogen and oxygen atoms in total. The molecule has 18 heavy (non-hydrogen) atoms. The predicted molar refractivity (Wildman–Crippen MR) is 74.6 cm³/mol. The molecule has 2 heterocycles. The number of rotatable bonds is 2. The highest BCUT2D eigenvalue weighted by Gasteiger charge is 2.34. The molecule has 1 atom stereocenters. The second kappa shape index (κ2) is 5.01. The van der Waals surface area contributed by atoms with E-state index < -0.39 is 0 Å². The quantitative estimate of drug-likeness (QED) is 0.794. The molecule has 0 spiro atoms. The van der Waals surface area contributed by atoms with Gasteiger partial charge in [-0.2, -0.15) is 0 Å². The molecule has 1 aromatic carbocycles. The highest BCUT2D eigenvalue weighted by Crippen LogP contribution is 2.24. The Balaban J connectivity index is 1.74. The number of piperidine rings is 1. The topological polar surface area (TPSA) is 18.8 Å². The average Bonchev–Trinajstić information content (AvgIpc) is 2.73. The molecule has 3 heteroatoms. The van der Waals surface area contributed by atoms with Gasteiger partial charge < -0.3 is 9.80 Å². The lowest BCUT2D eigenvalue weighted by atomic mass is 10.0. The van der Waals surface area contributed by atoms with E-state index in [0.717, 1.165) is 13.1 Å². The van der Waals surface area contributed by atoms with Gasteiger partial charge in [0.25, 0.3) is 0 Å². The Bertz CT molecular complexity index is 427. The number of benzene rings is 1. The van der Waals surface area contributed by atoms with Crippen molar-refractivity contribution in [1.82, 2.24) is 9.80 Å². The molecule has 0 aliphatic carbocycles. The maximum atomic E-state index is 4.83. The Labute approximate surface area is 109 Å². The maximum Gasteiger partial charge on any atom is 0.197 e. The van der Waals surface area contributed by atoms with E-state index >= 15 is 0 Å². The maximum absolute atomic E-state index is 4.83. The van der Waals surface area contributed by atoms with Gasteiger partial charge in [-0.05, 0) is 24.8 Å². The molecule has 2 fully saturated rings. The van der Waals surface area contributed by atoms with Crippen LogP contribution in [0.5, 0.6) is 0 Å². The van der Waals surface area contributed by atoms with E-state index in [2.05, 4.69) is 47.2 Å². The van der Waals surface area contributed by atoms with Crippen LogP contribution in [0.3, 0.4) is 0 Å². The largest absolute Gasteiger partial charge is 0.344 e. The summed E-state index contributed by atoms with van der Waals surface area (Å²) in [5, 5.41) is 0. The summed E-state index contributed by atoms with van der Waals surface area (Å²) in [6, 6.07) is 11.2. The van der Waals surface area contributed by atoms with Crippen LogP contribution < -0.4 is 0 Å². The number of guanidine groups is 1. The monoisotopic (exact) mass is 243 g/mol. The van der Waals surface area contributed by atoms with E-state index in [9.17, 15) is 0 Å². The van der Waals surface area contributed by atoms with Crippen molar-refractivity contribution in [3.8, 4) is 0 Å². The van der Waals surface area contributed by atoms with E-state index in [1.54, 1.807) is 0 Å². The minimum absolute atomic E-state index is 0.707. The summed E-state index contributed by atoms with van der Waals surface area (Å²) < 4.78 is 0. The van der Waals surface area contributed by atoms with Gasteiger partial charge in [0.2, 0.25) is 0 Å². The fourth-order valence-electron chi connectivity index (χ4n) is 3.03. The zero-order valence-electron chi connectivity index (χ0n) is 11.0. The first-order chi connectivity index (χ1) is 8.84. The number of nitrogens with zero attached hydrogens (tertiary/aromatic N) is 3. The summed E-state index contributed by atoms with van der Waals surface area (Å²) >= 11 is 0. The van der Waals surface area contributed by atoms with Gasteiger partial charge >= 0.3 is 0 Å². The smallest absolute Gasteiger partial charge is 0.197 e. The van der Waals surface area contributed by atoms with Crippen molar-refractivity contribution < 1.29 is 0 Å². The van der Waals surface area contributed by atoms with Crippen molar-refractivity contribution in [3.63, 3.8) is 0 Å². The minimum atomic E-state index is 0.707. The number of hydrogen-bond donors (Lipinski definition) is 0. The number of fused-ring (bicyclic) bond motifs is 1. The summed E-state index contributed by atoms with van der Waals surface area (Å²) in [6.45, 7) is 3.12. The number of hydrogen-bond acceptors (Lipinski definition) is 1. The lowest BCUT2D eigenvalue weighted by Gasteiger charge is -2.29. The molecule has 2 aliphatic heterocycles. The van der Waals surface area contributed by atoms with Gasteiger partial charge in [0.1, 0.15) is 0 Å². The minimum Gasteiger partial charge on any atom is -0.344 e. The van der Waals surface area contributed by atoms with Gasteiger partial charge in [-0.25, -0.2) is 4.99 Å². The number of likely N-dealkylation sites (N-methyl/N-ethyl adjacent to an activating group) is 1. The highest BCUT2D eigenvalue weighted by atomic mass is 15.4. The van der Waals surface area contributed by atoms with Gasteiger partial charge in [-0.1, -0.05) is 30.3 Å². The van der Waals surface area contributed by atoms with E-state index in [4.69, 9.17) is 4.99 Å². The molecular weight excluding hydrogens is 222 g/mol. The molecule has 0 N–H and O–H groups in total. The van der Waals surface area contributed by atoms with E-state index in [-0.39, 0.29) is 0 Å². The second-order valence-corrected chi connectivity index (χ2v) is 5.33. The van der Waals surface area contributed by atoms with Crippen molar-refractivity contribution in [2.45, 2.75) is 31.8 Å². The molecule has 0 saturated carbocycles. The second-order valence-electron chi connectivity index (χ2n) is 5.33. The molecule has 1 aromatic rings. The van der Waals surface area contributed by atoms with Crippen molar-refractivity contribution in [2.24, 2.45) is 4.99 Å². The number of aliphatic imine (C=N–C) groups is 1. The van der Waals surface area contributed by atoms with Crippen LogP contribution >= 0.6 is 0 Å². The first kappa shape index (κ1) is 11.6. The van der Waals surface area contributed by atoms with Crippen molar-refractivity contribution in [1.29, 1.82) is 0 Å². The third kappa shape index (κ3) is 2.22. The molecular formula is C15H21N3. The third-order valence-corrected chi connectivity index (χ3v) is 3.96. The lowest BCUT2D eigenvalue weighted by molar-refractivity contribution is 0.270. The first-order valence-corrected chi connectivity index (χ1v) is 6.91. The van der Waals surface area contributed by atoms with Crippen LogP contribution in [0.15, 0.2) is 35.3 Å². The predicted octanol–water partition coefficient (Wildman–Crippen LogP) is 2.34. The van der Waals surface area contributed by atoms with Crippen LogP contribution in [0, 0.1) is 0 Å². The summed E-state index contributed by atoms with van der Waals surface area (Å²) in [7, 11) is 2.17.